The molecule has 0 saturated heterocycles. The van der Waals surface area contributed by atoms with Gasteiger partial charge in [-0.2, -0.15) is 0 Å². The summed E-state index contributed by atoms with van der Waals surface area (Å²) in [5, 5.41) is 15.5. The summed E-state index contributed by atoms with van der Waals surface area (Å²) in [6.45, 7) is 2.61. The van der Waals surface area contributed by atoms with Crippen LogP contribution in [0.2, 0.25) is 5.02 Å². The predicted octanol–water partition coefficient (Wildman–Crippen LogP) is 2.88. The average molecular weight is 294 g/mol. The van der Waals surface area contributed by atoms with E-state index in [9.17, 15) is 0 Å². The second-order valence-electron chi connectivity index (χ2n) is 4.41. The number of hydrogen-bond donors (Lipinski definition) is 3. The Kier molecular flexibility index (Phi) is 4.65. The first kappa shape index (κ1) is 14.4. The van der Waals surface area contributed by atoms with Gasteiger partial charge in [0.05, 0.1) is 12.3 Å². The highest BCUT2D eigenvalue weighted by Crippen LogP contribution is 2.19. The molecule has 2 rings (SSSR count). The molecule has 1 aromatic carbocycles. The average Bonchev–Trinajstić information content (AvgIpc) is 2.99. The third-order valence-corrected chi connectivity index (χ3v) is 3.38. The largest absolute Gasteiger partial charge is 0.468 e. The predicted molar refractivity (Wildman–Crippen MR) is 77.9 cm³/mol. The Hall–Kier alpha value is -1.98. The smallest absolute Gasteiger partial charge is 0.170 e. The van der Waals surface area contributed by atoms with Gasteiger partial charge in [0.15, 0.2) is 5.84 Å². The molecule has 20 heavy (non-hydrogen) atoms. The van der Waals surface area contributed by atoms with Crippen LogP contribution in [-0.4, -0.2) is 11.0 Å². The molecule has 5 nitrogen and oxygen atoms in total. The fourth-order valence-electron chi connectivity index (χ4n) is 1.81. The van der Waals surface area contributed by atoms with E-state index in [1.807, 2.05) is 25.1 Å². The molecule has 0 aliphatic rings. The molecule has 1 heterocycles. The first-order valence-corrected chi connectivity index (χ1v) is 6.52. The van der Waals surface area contributed by atoms with E-state index in [2.05, 4.69) is 10.5 Å². The van der Waals surface area contributed by atoms with Crippen molar-refractivity contribution in [3.05, 3.63) is 58.5 Å². The highest BCUT2D eigenvalue weighted by atomic mass is 35.5. The van der Waals surface area contributed by atoms with Gasteiger partial charge in [-0.25, -0.2) is 0 Å². The number of nitrogens with zero attached hydrogens (tertiary/aromatic N) is 1. The first-order chi connectivity index (χ1) is 9.61. The van der Waals surface area contributed by atoms with Crippen molar-refractivity contribution in [2.75, 3.05) is 0 Å². The van der Waals surface area contributed by atoms with Gasteiger partial charge in [0.25, 0.3) is 0 Å². The number of nitrogens with one attached hydrogen (secondary N) is 1. The highest BCUT2D eigenvalue weighted by Gasteiger charge is 2.09. The van der Waals surface area contributed by atoms with Crippen LogP contribution >= 0.6 is 11.6 Å². The summed E-state index contributed by atoms with van der Waals surface area (Å²) in [6.07, 6.45) is 1.65. The Balaban J connectivity index is 2.03. The second kappa shape index (κ2) is 6.45. The Bertz CT molecular complexity index is 596. The Labute approximate surface area is 122 Å². The molecule has 1 atom stereocenters. The molecular formula is C14H16ClN3O2. The lowest BCUT2D eigenvalue weighted by atomic mass is 10.1. The summed E-state index contributed by atoms with van der Waals surface area (Å²) in [5.41, 5.74) is 7.03. The second-order valence-corrected chi connectivity index (χ2v) is 4.82. The van der Waals surface area contributed by atoms with Gasteiger partial charge >= 0.3 is 0 Å². The van der Waals surface area contributed by atoms with E-state index in [0.29, 0.717) is 17.1 Å². The molecule has 106 valence electrons. The van der Waals surface area contributed by atoms with Crippen molar-refractivity contribution in [2.24, 2.45) is 10.9 Å². The number of furan rings is 1. The molecule has 6 heteroatoms. The lowest BCUT2D eigenvalue weighted by molar-refractivity contribution is 0.318. The summed E-state index contributed by atoms with van der Waals surface area (Å²) < 4.78 is 5.32. The van der Waals surface area contributed by atoms with E-state index in [-0.39, 0.29) is 11.9 Å². The van der Waals surface area contributed by atoms with E-state index >= 15 is 0 Å². The number of amidine groups is 1. The number of rotatable bonds is 5. The SMILES string of the molecule is CC(NCc1ccc(/C(N)=N/O)cc1Cl)c1ccco1. The fourth-order valence-corrected chi connectivity index (χ4v) is 2.06. The minimum atomic E-state index is 0.0374. The van der Waals surface area contributed by atoms with Gasteiger partial charge < -0.3 is 20.7 Å². The van der Waals surface area contributed by atoms with E-state index in [1.54, 1.807) is 18.4 Å². The topological polar surface area (TPSA) is 83.8 Å². The van der Waals surface area contributed by atoms with Crippen LogP contribution in [-0.2, 0) is 6.54 Å². The Morgan fingerprint density at radius 3 is 2.90 bits per heavy atom. The monoisotopic (exact) mass is 293 g/mol. The van der Waals surface area contributed by atoms with E-state index in [4.69, 9.17) is 27.0 Å². The minimum absolute atomic E-state index is 0.0374. The number of nitrogens with two attached hydrogens (primary N) is 1. The zero-order chi connectivity index (χ0) is 14.5. The molecule has 0 saturated carbocycles. The molecule has 0 fully saturated rings. The highest BCUT2D eigenvalue weighted by molar-refractivity contribution is 6.31. The fraction of sp³-hybridized carbons (Fsp3) is 0.214. The zero-order valence-corrected chi connectivity index (χ0v) is 11.8. The van der Waals surface area contributed by atoms with Crippen molar-refractivity contribution in [3.8, 4) is 0 Å². The zero-order valence-electron chi connectivity index (χ0n) is 11.0. The van der Waals surface area contributed by atoms with Crippen molar-refractivity contribution in [3.63, 3.8) is 0 Å². The molecular weight excluding hydrogens is 278 g/mol. The molecule has 1 unspecified atom stereocenters. The van der Waals surface area contributed by atoms with E-state index < -0.39 is 0 Å². The van der Waals surface area contributed by atoms with Crippen LogP contribution in [0.3, 0.4) is 0 Å². The normalized spacial score (nSPS) is 13.4. The number of benzene rings is 1. The van der Waals surface area contributed by atoms with Crippen LogP contribution < -0.4 is 11.1 Å². The lowest BCUT2D eigenvalue weighted by Crippen LogP contribution is -2.18. The van der Waals surface area contributed by atoms with Crippen molar-refractivity contribution in [2.45, 2.75) is 19.5 Å². The van der Waals surface area contributed by atoms with E-state index in [1.165, 1.54) is 0 Å². The summed E-state index contributed by atoms with van der Waals surface area (Å²) in [4.78, 5) is 0. The molecule has 0 amide bonds. The third-order valence-electron chi connectivity index (χ3n) is 3.03. The quantitative estimate of drug-likeness (QED) is 0.342. The third kappa shape index (κ3) is 3.31. The van der Waals surface area contributed by atoms with Crippen molar-refractivity contribution in [1.82, 2.24) is 5.32 Å². The molecule has 0 bridgehead atoms. The first-order valence-electron chi connectivity index (χ1n) is 6.15. The minimum Gasteiger partial charge on any atom is -0.468 e. The molecule has 0 radical (unpaired) electrons. The van der Waals surface area contributed by atoms with E-state index in [0.717, 1.165) is 11.3 Å². The van der Waals surface area contributed by atoms with Gasteiger partial charge in [-0.15, -0.1) is 0 Å². The molecule has 2 aromatic rings. The van der Waals surface area contributed by atoms with Crippen LogP contribution in [0.4, 0.5) is 0 Å². The van der Waals surface area contributed by atoms with Crippen LogP contribution in [0.25, 0.3) is 0 Å². The van der Waals surface area contributed by atoms with Crippen molar-refractivity contribution >= 4 is 17.4 Å². The summed E-state index contributed by atoms with van der Waals surface area (Å²) >= 11 is 6.18. The molecule has 4 N–H and O–H groups in total. The van der Waals surface area contributed by atoms with Gasteiger partial charge in [0.2, 0.25) is 0 Å². The summed E-state index contributed by atoms with van der Waals surface area (Å²) in [5.74, 6) is 0.907. The van der Waals surface area contributed by atoms with Gasteiger partial charge in [-0.05, 0) is 30.7 Å². The van der Waals surface area contributed by atoms with Crippen LogP contribution in [0, 0.1) is 0 Å². The maximum atomic E-state index is 8.63. The number of oxime groups is 1. The summed E-state index contributed by atoms with van der Waals surface area (Å²) in [6, 6.07) is 9.13. The maximum Gasteiger partial charge on any atom is 0.170 e. The Morgan fingerprint density at radius 2 is 2.30 bits per heavy atom. The van der Waals surface area contributed by atoms with Crippen molar-refractivity contribution < 1.29 is 9.62 Å². The number of hydrogen-bond acceptors (Lipinski definition) is 4. The molecule has 0 aliphatic heterocycles. The van der Waals surface area contributed by atoms with Gasteiger partial charge in [0, 0.05) is 17.1 Å². The molecule has 0 spiro atoms. The van der Waals surface area contributed by atoms with Gasteiger partial charge in [-0.1, -0.05) is 28.9 Å². The van der Waals surface area contributed by atoms with Crippen LogP contribution in [0.5, 0.6) is 0 Å². The summed E-state index contributed by atoms with van der Waals surface area (Å²) in [7, 11) is 0. The molecule has 1 aromatic heterocycles. The standard InChI is InChI=1S/C14H16ClN3O2/c1-9(13-3-2-6-20-13)17-8-11-5-4-10(7-12(11)15)14(16)18-19/h2-7,9,17,19H,8H2,1H3,(H2,16,18). The van der Waals surface area contributed by atoms with Gasteiger partial charge in [-0.3, -0.25) is 0 Å². The number of halogens is 1. The van der Waals surface area contributed by atoms with Gasteiger partial charge in [0.1, 0.15) is 5.76 Å². The lowest BCUT2D eigenvalue weighted by Gasteiger charge is -2.12. The van der Waals surface area contributed by atoms with Crippen LogP contribution in [0.1, 0.15) is 29.9 Å². The van der Waals surface area contributed by atoms with Crippen molar-refractivity contribution in [1.29, 1.82) is 0 Å². The van der Waals surface area contributed by atoms with Crippen LogP contribution in [0.15, 0.2) is 46.2 Å². The maximum absolute atomic E-state index is 8.63. The molecule has 0 aliphatic carbocycles. The Morgan fingerprint density at radius 1 is 1.50 bits per heavy atom.